The van der Waals surface area contributed by atoms with E-state index < -0.39 is 83.0 Å². The molecule has 0 bridgehead atoms. The second kappa shape index (κ2) is 8.70. The molecule has 0 amide bonds. The number of hydrogen-bond donors (Lipinski definition) is 0. The van der Waals surface area contributed by atoms with E-state index in [1.54, 1.807) is 0 Å². The molecule has 0 saturated carbocycles. The van der Waals surface area contributed by atoms with Crippen molar-refractivity contribution in [1.82, 2.24) is 0 Å². The highest BCUT2D eigenvalue weighted by atomic mass is 32.3. The second-order valence-electron chi connectivity index (χ2n) is 6.74. The van der Waals surface area contributed by atoms with Gasteiger partial charge in [-0.25, -0.2) is 51.6 Å². The summed E-state index contributed by atoms with van der Waals surface area (Å²) in [6, 6.07) is 1.14. The molecule has 0 radical (unpaired) electrons. The molecule has 0 atom stereocenters. The van der Waals surface area contributed by atoms with Crippen molar-refractivity contribution in [3.05, 3.63) is 89.5 Å². The normalized spacial score (nSPS) is 12.8. The molecule has 0 aromatic heterocycles. The molecule has 0 heterocycles. The van der Waals surface area contributed by atoms with Crippen LogP contribution in [0.3, 0.4) is 0 Å². The molecule has 0 unspecified atom stereocenters. The van der Waals surface area contributed by atoms with Gasteiger partial charge in [-0.15, -0.1) is 0 Å². The van der Waals surface area contributed by atoms with Crippen LogP contribution in [0.15, 0.2) is 69.3 Å². The van der Waals surface area contributed by atoms with E-state index in [2.05, 4.69) is 0 Å². The van der Waals surface area contributed by atoms with Crippen LogP contribution >= 0.6 is 0 Å². The Bertz CT molecular complexity index is 1370. The van der Waals surface area contributed by atoms with E-state index in [1.807, 2.05) is 0 Å². The third kappa shape index (κ3) is 4.81. The van der Waals surface area contributed by atoms with Gasteiger partial charge >= 0.3 is 0 Å². The lowest BCUT2D eigenvalue weighted by Gasteiger charge is -2.19. The molecule has 0 aliphatic rings. The third-order valence-corrected chi connectivity index (χ3v) is 13.0. The average Bonchev–Trinajstić information content (AvgIpc) is 2.65. The number of halogens is 6. The van der Waals surface area contributed by atoms with Crippen LogP contribution in [0.1, 0.15) is 0 Å². The van der Waals surface area contributed by atoms with E-state index >= 15 is 0 Å². The number of rotatable bonds is 6. The lowest BCUT2D eigenvalue weighted by Crippen LogP contribution is -2.38. The predicted molar refractivity (Wildman–Crippen MR) is 104 cm³/mol. The van der Waals surface area contributed by atoms with E-state index in [4.69, 9.17) is 0 Å². The minimum absolute atomic E-state index is 0.0920. The highest BCUT2D eigenvalue weighted by Gasteiger charge is 2.51. The van der Waals surface area contributed by atoms with Crippen molar-refractivity contribution in [1.29, 1.82) is 0 Å². The zero-order chi connectivity index (χ0) is 25.6. The molecule has 6 nitrogen and oxygen atoms in total. The van der Waals surface area contributed by atoms with Crippen LogP contribution in [0.4, 0.5) is 26.3 Å². The van der Waals surface area contributed by atoms with Gasteiger partial charge in [0.15, 0.2) is 0 Å². The van der Waals surface area contributed by atoms with Gasteiger partial charge in [-0.05, 0) is 36.4 Å². The summed E-state index contributed by atoms with van der Waals surface area (Å²) in [6.45, 7) is 0. The molecular formula is C19H10F6O6S3. The Kier molecular flexibility index (Phi) is 6.58. The first-order valence-corrected chi connectivity index (χ1v) is 13.3. The molecule has 0 fully saturated rings. The Balaban J connectivity index is 2.43. The lowest BCUT2D eigenvalue weighted by molar-refractivity contribution is 0.554. The van der Waals surface area contributed by atoms with E-state index in [1.165, 1.54) is 0 Å². The first-order valence-electron chi connectivity index (χ1n) is 8.65. The molecular weight excluding hydrogens is 534 g/mol. The van der Waals surface area contributed by atoms with Crippen LogP contribution in [0.2, 0.25) is 0 Å². The van der Waals surface area contributed by atoms with Gasteiger partial charge in [0.05, 0.1) is 14.7 Å². The third-order valence-electron chi connectivity index (χ3n) is 4.25. The van der Waals surface area contributed by atoms with Crippen LogP contribution in [0.5, 0.6) is 0 Å². The van der Waals surface area contributed by atoms with Gasteiger partial charge in [0, 0.05) is 18.2 Å². The van der Waals surface area contributed by atoms with Gasteiger partial charge in [0.2, 0.25) is 29.5 Å². The minimum Gasteiger partial charge on any atom is -0.221 e. The Labute approximate surface area is 189 Å². The summed E-state index contributed by atoms with van der Waals surface area (Å²) in [5.74, 6) is -9.25. The number of benzene rings is 3. The van der Waals surface area contributed by atoms with Crippen molar-refractivity contribution in [3.8, 4) is 0 Å². The summed E-state index contributed by atoms with van der Waals surface area (Å²) in [5, 5.41) is 0. The van der Waals surface area contributed by atoms with Gasteiger partial charge in [-0.1, -0.05) is 0 Å². The van der Waals surface area contributed by atoms with E-state index in [0.29, 0.717) is 0 Å². The first kappa shape index (κ1) is 25.7. The van der Waals surface area contributed by atoms with Crippen LogP contribution in [-0.2, 0) is 29.5 Å². The Morgan fingerprint density at radius 3 is 0.735 bits per heavy atom. The SMILES string of the molecule is O=S(=O)(c1cc(F)cc(F)c1)C(S(=O)(=O)c1cc(F)cc(F)c1)S(=O)(=O)c1cc(F)cc(F)c1. The fourth-order valence-electron chi connectivity index (χ4n) is 2.91. The van der Waals surface area contributed by atoms with Gasteiger partial charge in [-0.2, -0.15) is 0 Å². The molecule has 182 valence electrons. The maximum atomic E-state index is 13.7. The van der Waals surface area contributed by atoms with Crippen molar-refractivity contribution >= 4 is 29.5 Å². The van der Waals surface area contributed by atoms with Gasteiger partial charge in [0.1, 0.15) is 34.9 Å². The van der Waals surface area contributed by atoms with Crippen molar-refractivity contribution in [2.75, 3.05) is 0 Å². The van der Waals surface area contributed by atoms with Crippen molar-refractivity contribution < 1.29 is 51.6 Å². The molecule has 34 heavy (non-hydrogen) atoms. The molecule has 3 rings (SSSR count). The van der Waals surface area contributed by atoms with Gasteiger partial charge in [-0.3, -0.25) is 0 Å². The standard InChI is InChI=1S/C19H10F6O6S3/c20-10-1-11(21)5-16(4-10)32(26,27)19(33(28,29)17-6-12(22)2-13(23)7-17)34(30,31)18-8-14(24)3-15(25)9-18/h1-9,19H. The van der Waals surface area contributed by atoms with Crippen molar-refractivity contribution in [2.45, 2.75) is 18.6 Å². The highest BCUT2D eigenvalue weighted by Crippen LogP contribution is 2.34. The summed E-state index contributed by atoms with van der Waals surface area (Å²) >= 11 is 0. The van der Waals surface area contributed by atoms with Gasteiger partial charge in [0.25, 0.3) is 3.91 Å². The molecule has 0 spiro atoms. The van der Waals surface area contributed by atoms with Gasteiger partial charge < -0.3 is 0 Å². The summed E-state index contributed by atoms with van der Waals surface area (Å²) in [5.41, 5.74) is 0. The molecule has 15 heteroatoms. The maximum absolute atomic E-state index is 13.7. The predicted octanol–water partition coefficient (Wildman–Crippen LogP) is 3.53. The van der Waals surface area contributed by atoms with E-state index in [-0.39, 0.29) is 54.6 Å². The zero-order valence-electron chi connectivity index (χ0n) is 16.2. The average molecular weight is 544 g/mol. The molecule has 0 aliphatic heterocycles. The Morgan fingerprint density at radius 2 is 0.559 bits per heavy atom. The van der Waals surface area contributed by atoms with E-state index in [0.717, 1.165) is 0 Å². The first-order chi connectivity index (χ1) is 15.5. The fraction of sp³-hybridized carbons (Fsp3) is 0.0526. The Hall–Kier alpha value is -2.91. The molecule has 0 N–H and O–H groups in total. The summed E-state index contributed by atoms with van der Waals surface area (Å²) in [6.07, 6.45) is 0. The summed E-state index contributed by atoms with van der Waals surface area (Å²) < 4.78 is 157. The van der Waals surface area contributed by atoms with Crippen LogP contribution < -0.4 is 0 Å². The maximum Gasteiger partial charge on any atom is 0.275 e. The zero-order valence-corrected chi connectivity index (χ0v) is 18.7. The fourth-order valence-corrected chi connectivity index (χ4v) is 11.2. The minimum atomic E-state index is -5.85. The summed E-state index contributed by atoms with van der Waals surface area (Å²) in [4.78, 5) is -4.43. The van der Waals surface area contributed by atoms with Crippen molar-refractivity contribution in [2.24, 2.45) is 0 Å². The van der Waals surface area contributed by atoms with Crippen LogP contribution in [-0.4, -0.2) is 29.2 Å². The largest absolute Gasteiger partial charge is 0.275 e. The number of sulfone groups is 3. The Morgan fingerprint density at radius 1 is 0.382 bits per heavy atom. The van der Waals surface area contributed by atoms with E-state index in [9.17, 15) is 51.6 Å². The highest BCUT2D eigenvalue weighted by molar-refractivity contribution is 8.24. The number of hydrogen-bond acceptors (Lipinski definition) is 6. The molecule has 0 aliphatic carbocycles. The lowest BCUT2D eigenvalue weighted by atomic mass is 10.3. The topological polar surface area (TPSA) is 102 Å². The smallest absolute Gasteiger partial charge is 0.221 e. The monoisotopic (exact) mass is 544 g/mol. The molecule has 3 aromatic carbocycles. The summed E-state index contributed by atoms with van der Waals surface area (Å²) in [7, 11) is -17.6. The van der Waals surface area contributed by atoms with Crippen LogP contribution in [0.25, 0.3) is 0 Å². The van der Waals surface area contributed by atoms with Crippen LogP contribution in [0, 0.1) is 34.9 Å². The quantitative estimate of drug-likeness (QED) is 0.440. The molecule has 0 saturated heterocycles. The van der Waals surface area contributed by atoms with Crippen molar-refractivity contribution in [3.63, 3.8) is 0 Å². The second-order valence-corrected chi connectivity index (χ2v) is 13.7. The molecule has 3 aromatic rings.